The molecule has 1 aliphatic carbocycles. The number of aliphatic carboxylic acids is 1. The normalized spacial score (nSPS) is 18.8. The highest BCUT2D eigenvalue weighted by Crippen LogP contribution is 2.50. The molecule has 0 spiro atoms. The zero-order valence-corrected chi connectivity index (χ0v) is 22.8. The molecule has 1 saturated heterocycles. The fourth-order valence-electron chi connectivity index (χ4n) is 5.62. The van der Waals surface area contributed by atoms with Gasteiger partial charge in [-0.05, 0) is 70.7 Å². The van der Waals surface area contributed by atoms with Crippen LogP contribution in [0.2, 0.25) is 0 Å². The predicted octanol–water partition coefficient (Wildman–Crippen LogP) is 5.23. The largest absolute Gasteiger partial charge is 0.481 e. The minimum atomic E-state index is -0.980. The number of hydrogen-bond acceptors (Lipinski definition) is 5. The third-order valence-corrected chi connectivity index (χ3v) is 8.12. The molecule has 202 valence electrons. The maximum atomic E-state index is 13.4. The predicted molar refractivity (Wildman–Crippen MR) is 149 cm³/mol. The third kappa shape index (κ3) is 5.99. The lowest BCUT2D eigenvalue weighted by atomic mass is 9.62. The first-order valence-electron chi connectivity index (χ1n) is 13.3. The van der Waals surface area contributed by atoms with E-state index in [0.717, 1.165) is 50.3 Å². The third-order valence-electron chi connectivity index (χ3n) is 8.12. The Kier molecular flexibility index (Phi) is 7.79. The van der Waals surface area contributed by atoms with Crippen molar-refractivity contribution in [3.63, 3.8) is 0 Å². The highest BCUT2D eigenvalue weighted by atomic mass is 16.4. The smallest absolute Gasteiger partial charge is 0.335 e. The molecule has 0 atom stereocenters. The number of ketones is 1. The van der Waals surface area contributed by atoms with Gasteiger partial charge in [-0.2, -0.15) is 0 Å². The Hall–Kier alpha value is -3.45. The Morgan fingerprint density at radius 3 is 2.11 bits per heavy atom. The lowest BCUT2D eigenvalue weighted by Crippen LogP contribution is -2.48. The summed E-state index contributed by atoms with van der Waals surface area (Å²) in [5.41, 5.74) is 5.19. The molecule has 2 aromatic rings. The van der Waals surface area contributed by atoms with Gasteiger partial charge in [0, 0.05) is 44.0 Å². The van der Waals surface area contributed by atoms with Crippen LogP contribution in [0, 0.1) is 0 Å². The van der Waals surface area contributed by atoms with Crippen LogP contribution < -0.4 is 4.90 Å². The molecule has 0 bridgehead atoms. The number of piperazine rings is 1. The number of rotatable bonds is 8. The summed E-state index contributed by atoms with van der Waals surface area (Å²) in [6.07, 6.45) is 5.54. The minimum absolute atomic E-state index is 0.0239. The van der Waals surface area contributed by atoms with Crippen molar-refractivity contribution in [2.45, 2.75) is 57.8 Å². The maximum absolute atomic E-state index is 13.4. The molecule has 7 heteroatoms. The standard InChI is InChI=1S/C31H38N2O5/c1-30(2)12-13-31(3,4)28-24(30)19-23(26(34)10-7-21-5-8-22(9-6-21)29(37)38)20-25(28)33-17-15-32(16-18-33)14-11-27(35)36/h5-10,19-20H,11-18H2,1-4H3,(H,35,36)(H,37,38). The van der Waals surface area contributed by atoms with Crippen LogP contribution in [0.15, 0.2) is 42.5 Å². The molecular weight excluding hydrogens is 480 g/mol. The number of fused-ring (bicyclic) bond motifs is 1. The summed E-state index contributed by atoms with van der Waals surface area (Å²) in [5, 5.41) is 18.2. The van der Waals surface area contributed by atoms with Gasteiger partial charge in [-0.3, -0.25) is 14.5 Å². The highest BCUT2D eigenvalue weighted by Gasteiger charge is 2.40. The number of hydrogen-bond donors (Lipinski definition) is 2. The zero-order valence-electron chi connectivity index (χ0n) is 22.8. The summed E-state index contributed by atoms with van der Waals surface area (Å²) in [4.78, 5) is 40.1. The average molecular weight is 519 g/mol. The number of benzene rings is 2. The monoisotopic (exact) mass is 518 g/mol. The van der Waals surface area contributed by atoms with Crippen molar-refractivity contribution in [1.29, 1.82) is 0 Å². The average Bonchev–Trinajstić information content (AvgIpc) is 2.88. The van der Waals surface area contributed by atoms with E-state index in [1.165, 1.54) is 23.3 Å². The van der Waals surface area contributed by atoms with Crippen LogP contribution in [0.4, 0.5) is 5.69 Å². The van der Waals surface area contributed by atoms with Crippen LogP contribution in [0.1, 0.15) is 84.4 Å². The highest BCUT2D eigenvalue weighted by molar-refractivity contribution is 6.07. The van der Waals surface area contributed by atoms with E-state index in [0.29, 0.717) is 12.1 Å². The number of anilines is 1. The van der Waals surface area contributed by atoms with Gasteiger partial charge < -0.3 is 15.1 Å². The lowest BCUT2D eigenvalue weighted by molar-refractivity contribution is -0.137. The summed E-state index contributed by atoms with van der Waals surface area (Å²) in [5.74, 6) is -1.84. The molecule has 1 heterocycles. The van der Waals surface area contributed by atoms with Crippen LogP contribution >= 0.6 is 0 Å². The van der Waals surface area contributed by atoms with Gasteiger partial charge in [-0.15, -0.1) is 0 Å². The van der Waals surface area contributed by atoms with Gasteiger partial charge in [-0.1, -0.05) is 45.9 Å². The Labute approximate surface area is 224 Å². The first-order valence-corrected chi connectivity index (χ1v) is 13.3. The van der Waals surface area contributed by atoms with Crippen LogP contribution in [0.5, 0.6) is 0 Å². The van der Waals surface area contributed by atoms with E-state index in [1.807, 2.05) is 6.07 Å². The summed E-state index contributed by atoms with van der Waals surface area (Å²) in [6.45, 7) is 12.8. The van der Waals surface area contributed by atoms with Gasteiger partial charge in [-0.25, -0.2) is 4.79 Å². The molecule has 7 nitrogen and oxygen atoms in total. The van der Waals surface area contributed by atoms with E-state index in [-0.39, 0.29) is 28.6 Å². The van der Waals surface area contributed by atoms with Crippen LogP contribution in [-0.2, 0) is 15.6 Å². The van der Waals surface area contributed by atoms with E-state index in [4.69, 9.17) is 10.2 Å². The molecule has 1 fully saturated rings. The maximum Gasteiger partial charge on any atom is 0.335 e. The van der Waals surface area contributed by atoms with E-state index >= 15 is 0 Å². The summed E-state index contributed by atoms with van der Waals surface area (Å²) < 4.78 is 0. The van der Waals surface area contributed by atoms with Gasteiger partial charge >= 0.3 is 11.9 Å². The summed E-state index contributed by atoms with van der Waals surface area (Å²) >= 11 is 0. The van der Waals surface area contributed by atoms with Crippen molar-refractivity contribution in [2.75, 3.05) is 37.6 Å². The molecule has 38 heavy (non-hydrogen) atoms. The first kappa shape index (κ1) is 27.6. The van der Waals surface area contributed by atoms with Crippen molar-refractivity contribution in [3.05, 3.63) is 70.3 Å². The molecule has 2 aliphatic rings. The molecule has 0 saturated carbocycles. The second-order valence-electron chi connectivity index (χ2n) is 11.8. The molecule has 0 aromatic heterocycles. The number of carboxylic acids is 2. The lowest BCUT2D eigenvalue weighted by Gasteiger charge is -2.46. The van der Waals surface area contributed by atoms with E-state index in [9.17, 15) is 14.4 Å². The summed E-state index contributed by atoms with van der Waals surface area (Å²) in [7, 11) is 0. The van der Waals surface area contributed by atoms with E-state index in [1.54, 1.807) is 24.3 Å². The molecule has 2 aromatic carbocycles. The topological polar surface area (TPSA) is 98.2 Å². The van der Waals surface area contributed by atoms with Gasteiger partial charge in [0.1, 0.15) is 0 Å². The van der Waals surface area contributed by atoms with Crippen molar-refractivity contribution in [2.24, 2.45) is 0 Å². The summed E-state index contributed by atoms with van der Waals surface area (Å²) in [6, 6.07) is 10.6. The van der Waals surface area contributed by atoms with Crippen LogP contribution in [-0.4, -0.2) is 65.6 Å². The second-order valence-corrected chi connectivity index (χ2v) is 11.8. The molecule has 1 aliphatic heterocycles. The molecule has 4 rings (SSSR count). The van der Waals surface area contributed by atoms with Gasteiger partial charge in [0.2, 0.25) is 0 Å². The Bertz CT molecular complexity index is 1250. The van der Waals surface area contributed by atoms with Crippen molar-refractivity contribution >= 4 is 29.5 Å². The number of nitrogens with zero attached hydrogens (tertiary/aromatic N) is 2. The molecular formula is C31H38N2O5. The Balaban J connectivity index is 1.66. The fraction of sp³-hybridized carbons (Fsp3) is 0.452. The SMILES string of the molecule is CC1(C)CCC(C)(C)c2c(N3CCN(CCC(=O)O)CC3)cc(C(=O)C=Cc3ccc(C(=O)O)cc3)cc21. The van der Waals surface area contributed by atoms with Crippen molar-refractivity contribution in [1.82, 2.24) is 4.90 Å². The van der Waals surface area contributed by atoms with Gasteiger partial charge in [0.15, 0.2) is 5.78 Å². The quantitative estimate of drug-likeness (QED) is 0.365. The number of aromatic carboxylic acids is 1. The van der Waals surface area contributed by atoms with Crippen molar-refractivity contribution < 1.29 is 24.6 Å². The molecule has 0 radical (unpaired) electrons. The Morgan fingerprint density at radius 2 is 1.50 bits per heavy atom. The minimum Gasteiger partial charge on any atom is -0.481 e. The van der Waals surface area contributed by atoms with Gasteiger partial charge in [0.05, 0.1) is 12.0 Å². The van der Waals surface area contributed by atoms with Crippen molar-refractivity contribution in [3.8, 4) is 0 Å². The van der Waals surface area contributed by atoms with Gasteiger partial charge in [0.25, 0.3) is 0 Å². The number of carboxylic acid groups (broad SMARTS) is 2. The number of carbonyl (C=O) groups excluding carboxylic acids is 1. The van der Waals surface area contributed by atoms with E-state index < -0.39 is 11.9 Å². The number of allylic oxidation sites excluding steroid dienone is 1. The van der Waals surface area contributed by atoms with E-state index in [2.05, 4.69) is 43.6 Å². The van der Waals surface area contributed by atoms with Crippen LogP contribution in [0.3, 0.4) is 0 Å². The molecule has 0 unspecified atom stereocenters. The van der Waals surface area contributed by atoms with Crippen LogP contribution in [0.25, 0.3) is 6.08 Å². The second kappa shape index (κ2) is 10.7. The first-order chi connectivity index (χ1) is 17.9. The molecule has 0 amide bonds. The fourth-order valence-corrected chi connectivity index (χ4v) is 5.62. The Morgan fingerprint density at radius 1 is 0.868 bits per heavy atom. The zero-order chi connectivity index (χ0) is 27.7. The molecule has 2 N–H and O–H groups in total. The number of carbonyl (C=O) groups is 3.